The van der Waals surface area contributed by atoms with Crippen molar-refractivity contribution in [2.24, 2.45) is 0 Å². The van der Waals surface area contributed by atoms with Gasteiger partial charge in [0.05, 0.1) is 26.3 Å². The van der Waals surface area contributed by atoms with Gasteiger partial charge in [-0.3, -0.25) is 0 Å². The monoisotopic (exact) mass is 251 g/mol. The van der Waals surface area contributed by atoms with Crippen LogP contribution < -0.4 is 14.8 Å². The van der Waals surface area contributed by atoms with Crippen LogP contribution >= 0.6 is 0 Å². The summed E-state index contributed by atoms with van der Waals surface area (Å²) in [5, 5.41) is 16.6. The van der Waals surface area contributed by atoms with Crippen molar-refractivity contribution in [3.63, 3.8) is 0 Å². The maximum atomic E-state index is 5.05. The highest BCUT2D eigenvalue weighted by Crippen LogP contribution is 2.19. The van der Waals surface area contributed by atoms with Crippen LogP contribution in [0.15, 0.2) is 6.07 Å². The molecule has 2 heterocycles. The van der Waals surface area contributed by atoms with Gasteiger partial charge in [-0.15, -0.1) is 10.2 Å². The molecule has 96 valence electrons. The van der Waals surface area contributed by atoms with Crippen molar-refractivity contribution < 1.29 is 9.47 Å². The Morgan fingerprint density at radius 1 is 1.22 bits per heavy atom. The minimum atomic E-state index is -0.194. The SMILES string of the molecule is COc1cc(OC)nc(NC(C)c2nn[nH]n2)n1. The second-order valence-electron chi connectivity index (χ2n) is 3.41. The van der Waals surface area contributed by atoms with Gasteiger partial charge in [-0.25, -0.2) is 0 Å². The fourth-order valence-electron chi connectivity index (χ4n) is 1.29. The summed E-state index contributed by atoms with van der Waals surface area (Å²) in [6.07, 6.45) is 0. The quantitative estimate of drug-likeness (QED) is 0.774. The fraction of sp³-hybridized carbons (Fsp3) is 0.444. The third kappa shape index (κ3) is 2.62. The van der Waals surface area contributed by atoms with E-state index in [1.54, 1.807) is 6.07 Å². The molecule has 0 spiro atoms. The van der Waals surface area contributed by atoms with E-state index >= 15 is 0 Å². The zero-order valence-electron chi connectivity index (χ0n) is 10.2. The van der Waals surface area contributed by atoms with Crippen LogP contribution in [0.3, 0.4) is 0 Å². The average molecular weight is 251 g/mol. The number of tetrazole rings is 1. The van der Waals surface area contributed by atoms with Crippen molar-refractivity contribution in [3.8, 4) is 11.8 Å². The van der Waals surface area contributed by atoms with E-state index in [1.165, 1.54) is 14.2 Å². The lowest BCUT2D eigenvalue weighted by molar-refractivity contribution is 0.372. The van der Waals surface area contributed by atoms with E-state index in [9.17, 15) is 0 Å². The van der Waals surface area contributed by atoms with Crippen molar-refractivity contribution in [3.05, 3.63) is 11.9 Å². The molecule has 2 aromatic heterocycles. The number of aromatic amines is 1. The summed E-state index contributed by atoms with van der Waals surface area (Å²) in [5.74, 6) is 1.69. The van der Waals surface area contributed by atoms with Gasteiger partial charge in [0.2, 0.25) is 17.7 Å². The summed E-state index contributed by atoms with van der Waals surface area (Å²) in [7, 11) is 3.04. The number of rotatable bonds is 5. The number of hydrogen-bond acceptors (Lipinski definition) is 8. The van der Waals surface area contributed by atoms with Gasteiger partial charge in [-0.2, -0.15) is 15.2 Å². The molecule has 1 atom stereocenters. The predicted molar refractivity (Wildman–Crippen MR) is 61.4 cm³/mol. The molecule has 0 saturated heterocycles. The third-order valence-corrected chi connectivity index (χ3v) is 2.19. The lowest BCUT2D eigenvalue weighted by atomic mass is 10.3. The van der Waals surface area contributed by atoms with Crippen molar-refractivity contribution in [1.82, 2.24) is 30.6 Å². The fourth-order valence-corrected chi connectivity index (χ4v) is 1.29. The van der Waals surface area contributed by atoms with Crippen molar-refractivity contribution in [2.75, 3.05) is 19.5 Å². The molecule has 0 aromatic carbocycles. The van der Waals surface area contributed by atoms with Crippen LogP contribution in [0.2, 0.25) is 0 Å². The zero-order valence-corrected chi connectivity index (χ0v) is 10.2. The van der Waals surface area contributed by atoms with Gasteiger partial charge in [0.15, 0.2) is 5.82 Å². The number of anilines is 1. The van der Waals surface area contributed by atoms with Crippen molar-refractivity contribution in [2.45, 2.75) is 13.0 Å². The highest BCUT2D eigenvalue weighted by molar-refractivity contribution is 5.34. The van der Waals surface area contributed by atoms with E-state index in [-0.39, 0.29) is 6.04 Å². The first-order chi connectivity index (χ1) is 8.72. The first-order valence-electron chi connectivity index (χ1n) is 5.20. The molecule has 0 bridgehead atoms. The smallest absolute Gasteiger partial charge is 0.229 e. The topological polar surface area (TPSA) is 111 Å². The lowest BCUT2D eigenvalue weighted by Crippen LogP contribution is -2.11. The lowest BCUT2D eigenvalue weighted by Gasteiger charge is -2.11. The van der Waals surface area contributed by atoms with Crippen LogP contribution in [-0.4, -0.2) is 44.8 Å². The number of nitrogens with one attached hydrogen (secondary N) is 2. The van der Waals surface area contributed by atoms with E-state index < -0.39 is 0 Å². The van der Waals surface area contributed by atoms with Crippen LogP contribution in [-0.2, 0) is 0 Å². The van der Waals surface area contributed by atoms with Gasteiger partial charge in [0.25, 0.3) is 0 Å². The minimum absolute atomic E-state index is 0.194. The number of aromatic nitrogens is 6. The van der Waals surface area contributed by atoms with Gasteiger partial charge in [-0.1, -0.05) is 5.21 Å². The molecule has 0 fully saturated rings. The molecule has 2 aromatic rings. The molecule has 0 aliphatic heterocycles. The maximum absolute atomic E-state index is 5.05. The summed E-state index contributed by atoms with van der Waals surface area (Å²) in [6, 6.07) is 1.39. The molecule has 9 heteroatoms. The number of ether oxygens (including phenoxy) is 2. The Kier molecular flexibility index (Phi) is 3.51. The van der Waals surface area contributed by atoms with Crippen LogP contribution in [0.25, 0.3) is 0 Å². The van der Waals surface area contributed by atoms with Gasteiger partial charge >= 0.3 is 0 Å². The molecule has 18 heavy (non-hydrogen) atoms. The number of nitrogens with zero attached hydrogens (tertiary/aromatic N) is 5. The second kappa shape index (κ2) is 5.25. The molecule has 0 amide bonds. The average Bonchev–Trinajstić information content (AvgIpc) is 2.92. The molecule has 0 aliphatic carbocycles. The standard InChI is InChI=1S/C9H13N7O2/c1-5(8-13-15-16-14-8)10-9-11-6(17-2)4-7(12-9)18-3/h4-5H,1-3H3,(H,10,11,12)(H,13,14,15,16). The second-order valence-corrected chi connectivity index (χ2v) is 3.41. The van der Waals surface area contributed by atoms with Crippen LogP contribution in [0.1, 0.15) is 18.8 Å². The maximum Gasteiger partial charge on any atom is 0.229 e. The predicted octanol–water partition coefficient (Wildman–Crippen LogP) is 0.180. The normalized spacial score (nSPS) is 11.9. The third-order valence-electron chi connectivity index (χ3n) is 2.19. The molecular formula is C9H13N7O2. The Morgan fingerprint density at radius 2 is 1.89 bits per heavy atom. The summed E-state index contributed by atoms with van der Waals surface area (Å²) in [4.78, 5) is 8.28. The largest absolute Gasteiger partial charge is 0.481 e. The van der Waals surface area contributed by atoms with Gasteiger partial charge in [0.1, 0.15) is 0 Å². The zero-order chi connectivity index (χ0) is 13.0. The Morgan fingerprint density at radius 3 is 2.39 bits per heavy atom. The Labute approximate surface area is 103 Å². The molecule has 0 saturated carbocycles. The molecule has 9 nitrogen and oxygen atoms in total. The summed E-state index contributed by atoms with van der Waals surface area (Å²) >= 11 is 0. The van der Waals surface area contributed by atoms with Crippen molar-refractivity contribution in [1.29, 1.82) is 0 Å². The van der Waals surface area contributed by atoms with Gasteiger partial charge in [0, 0.05) is 0 Å². The van der Waals surface area contributed by atoms with E-state index in [2.05, 4.69) is 35.9 Å². The number of hydrogen-bond donors (Lipinski definition) is 2. The molecular weight excluding hydrogens is 238 g/mol. The van der Waals surface area contributed by atoms with Crippen LogP contribution in [0, 0.1) is 0 Å². The Hall–Kier alpha value is -2.45. The first-order valence-corrected chi connectivity index (χ1v) is 5.20. The van der Waals surface area contributed by atoms with Gasteiger partial charge in [-0.05, 0) is 6.92 Å². The molecule has 1 unspecified atom stereocenters. The summed E-state index contributed by atoms with van der Waals surface area (Å²) in [5.41, 5.74) is 0. The minimum Gasteiger partial charge on any atom is -0.481 e. The summed E-state index contributed by atoms with van der Waals surface area (Å²) < 4.78 is 10.1. The van der Waals surface area contributed by atoms with Crippen LogP contribution in [0.5, 0.6) is 11.8 Å². The molecule has 2 rings (SSSR count). The summed E-state index contributed by atoms with van der Waals surface area (Å²) in [6.45, 7) is 1.86. The van der Waals surface area contributed by atoms with E-state index in [1.807, 2.05) is 6.92 Å². The van der Waals surface area contributed by atoms with E-state index in [0.717, 1.165) is 0 Å². The Bertz CT molecular complexity index is 479. The van der Waals surface area contributed by atoms with Gasteiger partial charge < -0.3 is 14.8 Å². The molecule has 2 N–H and O–H groups in total. The van der Waals surface area contributed by atoms with E-state index in [0.29, 0.717) is 23.5 Å². The van der Waals surface area contributed by atoms with E-state index in [4.69, 9.17) is 9.47 Å². The molecule has 0 radical (unpaired) electrons. The molecule has 0 aliphatic rings. The van der Waals surface area contributed by atoms with Crippen molar-refractivity contribution >= 4 is 5.95 Å². The van der Waals surface area contributed by atoms with Crippen LogP contribution in [0.4, 0.5) is 5.95 Å². The highest BCUT2D eigenvalue weighted by Gasteiger charge is 2.13. The highest BCUT2D eigenvalue weighted by atomic mass is 16.5. The number of H-pyrrole nitrogens is 1. The Balaban J connectivity index is 2.17. The first kappa shape index (κ1) is 12.0. The number of methoxy groups -OCH3 is 2.